The summed E-state index contributed by atoms with van der Waals surface area (Å²) in [6.07, 6.45) is 0. The molecule has 0 radical (unpaired) electrons. The van der Waals surface area contributed by atoms with E-state index in [0.717, 1.165) is 22.7 Å². The fourth-order valence-electron chi connectivity index (χ4n) is 4.40. The number of hydrogen-bond acceptors (Lipinski definition) is 12. The molecule has 0 aromatic heterocycles. The second-order valence-corrected chi connectivity index (χ2v) is 17.0. The van der Waals surface area contributed by atoms with E-state index in [-0.39, 0.29) is 22.3 Å². The molecule has 0 spiro atoms. The van der Waals surface area contributed by atoms with E-state index in [4.69, 9.17) is 12.3 Å². The molecule has 0 saturated carbocycles. The Morgan fingerprint density at radius 3 is 0.653 bits per heavy atom. The Morgan fingerprint density at radius 1 is 0.347 bits per heavy atom. The van der Waals surface area contributed by atoms with Gasteiger partial charge in [0.15, 0.2) is 0 Å². The molecule has 12 nitrogen and oxygen atoms in total. The molecule has 0 unspecified atom stereocenters. The Labute approximate surface area is 292 Å². The van der Waals surface area contributed by atoms with Gasteiger partial charge in [0.05, 0.1) is 0 Å². The Hall–Kier alpha value is -5.24. The molecule has 0 aliphatic carbocycles. The summed E-state index contributed by atoms with van der Waals surface area (Å²) in [5.41, 5.74) is 3.43. The van der Waals surface area contributed by atoms with Gasteiger partial charge in [-0.25, -0.2) is 0 Å². The van der Waals surface area contributed by atoms with Crippen LogP contribution in [0.2, 0.25) is 0 Å². The summed E-state index contributed by atoms with van der Waals surface area (Å²) in [7, 11) is 14.7. The van der Waals surface area contributed by atoms with Crippen LogP contribution in [0.25, 0.3) is 0 Å². The first-order chi connectivity index (χ1) is 23.2. The van der Waals surface area contributed by atoms with Gasteiger partial charge in [0.1, 0.15) is 0 Å². The van der Waals surface area contributed by atoms with E-state index in [0.29, 0.717) is 0 Å². The molecule has 0 bridgehead atoms. The van der Waals surface area contributed by atoms with Gasteiger partial charge in [-0.1, -0.05) is 0 Å². The van der Waals surface area contributed by atoms with Gasteiger partial charge in [-0.05, 0) is 0 Å². The molecule has 0 N–H and O–H groups in total. The Kier molecular flexibility index (Phi) is 11.8. The summed E-state index contributed by atoms with van der Waals surface area (Å²) in [6, 6.07) is 25.5. The molecule has 13 heteroatoms. The van der Waals surface area contributed by atoms with Crippen molar-refractivity contribution >= 4 is 66.7 Å². The summed E-state index contributed by atoms with van der Waals surface area (Å²) in [5, 5.41) is 0. The average Bonchev–Trinajstić information content (AvgIpc) is 3.08. The molecule has 0 aliphatic heterocycles. The molecule has 0 saturated heterocycles. The summed E-state index contributed by atoms with van der Waals surface area (Å²) in [6.45, 7) is 0. The van der Waals surface area contributed by atoms with Gasteiger partial charge in [-0.3, -0.25) is 0 Å². The normalized spacial score (nSPS) is 10.8. The van der Waals surface area contributed by atoms with Gasteiger partial charge in [-0.2, -0.15) is 0 Å². The van der Waals surface area contributed by atoms with Crippen molar-refractivity contribution in [3.63, 3.8) is 0 Å². The molecule has 0 atom stereocenters. The van der Waals surface area contributed by atoms with Gasteiger partial charge in [0.2, 0.25) is 0 Å². The van der Waals surface area contributed by atoms with Crippen LogP contribution < -0.4 is 19.6 Å². The molecule has 4 aromatic rings. The van der Waals surface area contributed by atoms with Crippen molar-refractivity contribution in [2.75, 3.05) is 76.0 Å². The van der Waals surface area contributed by atoms with Gasteiger partial charge >= 0.3 is 293 Å². The first-order valence-corrected chi connectivity index (χ1v) is 19.9. The SMILES string of the molecule is CN(C)c1ccc(C(=O)[O][Sn]([O]C(=O)c2ccc(N(C)C)cc2)([O]C(=O)c2ccc(N(C)C)cc2)[O]C(=O)c2ccc(N(C)C)cc2)cc1. The number of hydrogen-bond donors (Lipinski definition) is 0. The molecule has 49 heavy (non-hydrogen) atoms. The average molecular weight is 775 g/mol. The number of rotatable bonds is 12. The quantitative estimate of drug-likeness (QED) is 0.178. The fourth-order valence-corrected chi connectivity index (χ4v) is 9.05. The number of nitrogens with zero attached hydrogens (tertiary/aromatic N) is 4. The van der Waals surface area contributed by atoms with Crippen LogP contribution in [0.5, 0.6) is 0 Å². The van der Waals surface area contributed by atoms with E-state index in [9.17, 15) is 19.2 Å². The van der Waals surface area contributed by atoms with Crippen molar-refractivity contribution in [1.82, 2.24) is 0 Å². The Bertz CT molecular complexity index is 1510. The van der Waals surface area contributed by atoms with Crippen molar-refractivity contribution in [3.8, 4) is 0 Å². The summed E-state index contributed by atoms with van der Waals surface area (Å²) in [5.74, 6) is -4.04. The van der Waals surface area contributed by atoms with Gasteiger partial charge in [0.25, 0.3) is 0 Å². The van der Waals surface area contributed by atoms with Crippen LogP contribution >= 0.6 is 0 Å². The molecule has 0 fully saturated rings. The van der Waals surface area contributed by atoms with E-state index in [1.807, 2.05) is 76.0 Å². The van der Waals surface area contributed by atoms with Crippen LogP contribution in [0.3, 0.4) is 0 Å². The topological polar surface area (TPSA) is 118 Å². The summed E-state index contributed by atoms with van der Waals surface area (Å²) < 4.78 is 23.2. The second kappa shape index (κ2) is 15.8. The zero-order valence-corrected chi connectivity index (χ0v) is 31.6. The first kappa shape index (κ1) is 36.6. The number of carbonyl (C=O) groups excluding carboxylic acids is 4. The predicted octanol–water partition coefficient (Wildman–Crippen LogP) is 5.11. The van der Waals surface area contributed by atoms with Gasteiger partial charge in [-0.15, -0.1) is 0 Å². The summed E-state index contributed by atoms with van der Waals surface area (Å²) >= 11 is -6.42. The first-order valence-electron chi connectivity index (χ1n) is 15.2. The van der Waals surface area contributed by atoms with Crippen LogP contribution in [-0.4, -0.2) is 100 Å². The molecule has 4 aromatic carbocycles. The third-order valence-corrected chi connectivity index (χ3v) is 12.3. The number of benzene rings is 4. The Morgan fingerprint density at radius 2 is 0.510 bits per heavy atom. The van der Waals surface area contributed by atoms with E-state index in [2.05, 4.69) is 0 Å². The number of carbonyl (C=O) groups is 4. The fraction of sp³-hybridized carbons (Fsp3) is 0.222. The standard InChI is InChI=1S/4C9H11NO2.Sn/c4*1-10(2)8-5-3-7(4-6-8)9(11)12;/h4*3-6H,1-2H3,(H,11,12);/q;;;;+4/p-4. The predicted molar refractivity (Wildman–Crippen MR) is 190 cm³/mol. The van der Waals surface area contributed by atoms with Crippen LogP contribution in [0.4, 0.5) is 22.7 Å². The molecule has 0 heterocycles. The maximum atomic E-state index is 13.7. The van der Waals surface area contributed by atoms with Crippen LogP contribution in [0.1, 0.15) is 41.4 Å². The van der Waals surface area contributed by atoms with Crippen LogP contribution in [0, 0.1) is 0 Å². The van der Waals surface area contributed by atoms with E-state index < -0.39 is 43.9 Å². The van der Waals surface area contributed by atoms with Crippen molar-refractivity contribution in [2.45, 2.75) is 0 Å². The third-order valence-electron chi connectivity index (χ3n) is 7.35. The number of anilines is 4. The van der Waals surface area contributed by atoms with Crippen molar-refractivity contribution < 1.29 is 31.5 Å². The molecule has 4 rings (SSSR count). The van der Waals surface area contributed by atoms with Gasteiger partial charge < -0.3 is 0 Å². The third kappa shape index (κ3) is 9.44. The van der Waals surface area contributed by atoms with E-state index >= 15 is 0 Å². The maximum absolute atomic E-state index is 13.7. The Balaban J connectivity index is 1.79. The zero-order valence-electron chi connectivity index (χ0n) is 28.8. The molecule has 0 amide bonds. The van der Waals surface area contributed by atoms with Crippen LogP contribution in [0.15, 0.2) is 97.1 Å². The molecular formula is C36H40N4O8Sn. The van der Waals surface area contributed by atoms with Gasteiger partial charge in [0, 0.05) is 0 Å². The summed E-state index contributed by atoms with van der Waals surface area (Å²) in [4.78, 5) is 62.1. The van der Waals surface area contributed by atoms with Crippen molar-refractivity contribution in [1.29, 1.82) is 0 Å². The van der Waals surface area contributed by atoms with E-state index in [1.165, 1.54) is 48.5 Å². The second-order valence-electron chi connectivity index (χ2n) is 11.8. The van der Waals surface area contributed by atoms with E-state index in [1.54, 1.807) is 48.5 Å². The zero-order chi connectivity index (χ0) is 35.9. The van der Waals surface area contributed by atoms with Crippen molar-refractivity contribution in [3.05, 3.63) is 119 Å². The monoisotopic (exact) mass is 776 g/mol. The van der Waals surface area contributed by atoms with Crippen LogP contribution in [-0.2, 0) is 12.3 Å². The molecular weight excluding hydrogens is 735 g/mol. The minimum atomic E-state index is -6.42. The van der Waals surface area contributed by atoms with Crippen molar-refractivity contribution in [2.24, 2.45) is 0 Å². The molecule has 256 valence electrons. The molecule has 0 aliphatic rings. The minimum absolute atomic E-state index is 0.0517.